The van der Waals surface area contributed by atoms with Crippen LogP contribution in [0.5, 0.6) is 5.75 Å². The molecule has 0 saturated carbocycles. The predicted octanol–water partition coefficient (Wildman–Crippen LogP) is 3.97. The number of sulfone groups is 1. The van der Waals surface area contributed by atoms with Crippen molar-refractivity contribution in [1.29, 1.82) is 0 Å². The van der Waals surface area contributed by atoms with Gasteiger partial charge in [0, 0.05) is 25.1 Å². The number of ether oxygens (including phenoxy) is 2. The van der Waals surface area contributed by atoms with Crippen LogP contribution in [0.3, 0.4) is 0 Å². The summed E-state index contributed by atoms with van der Waals surface area (Å²) in [6.07, 6.45) is 3.15. The van der Waals surface area contributed by atoms with Crippen LogP contribution in [0.4, 0.5) is 0 Å². The van der Waals surface area contributed by atoms with Gasteiger partial charge in [-0.1, -0.05) is 48.5 Å². The number of aliphatic hydroxyl groups excluding tert-OH is 1. The molecule has 0 saturated heterocycles. The highest BCUT2D eigenvalue weighted by Crippen LogP contribution is 2.28. The maximum atomic E-state index is 13.5. The average Bonchev–Trinajstić information content (AvgIpc) is 3.43. The molecule has 1 heterocycles. The first-order valence-electron chi connectivity index (χ1n) is 13.6. The quantitative estimate of drug-likeness (QED) is 0.270. The third-order valence-electron chi connectivity index (χ3n) is 6.77. The molecule has 2 N–H and O–H groups in total. The zero-order valence-electron chi connectivity index (χ0n) is 22.5. The minimum atomic E-state index is -3.62. The van der Waals surface area contributed by atoms with Crippen molar-refractivity contribution < 1.29 is 27.8 Å². The molecule has 8 nitrogen and oxygen atoms in total. The third kappa shape index (κ3) is 7.92. The van der Waals surface area contributed by atoms with Crippen molar-refractivity contribution in [3.8, 4) is 5.75 Å². The van der Waals surface area contributed by atoms with Crippen LogP contribution in [0.15, 0.2) is 94.8 Å². The smallest absolute Gasteiger partial charge is 0.251 e. The lowest BCUT2D eigenvalue weighted by Gasteiger charge is -2.23. The van der Waals surface area contributed by atoms with E-state index in [1.165, 1.54) is 5.56 Å². The number of carbonyl (C=O) groups excluding carboxylic acids is 1. The monoisotopic (exact) mass is 564 g/mol. The maximum absolute atomic E-state index is 13.5. The molecule has 1 aliphatic heterocycles. The number of hydrogen-bond acceptors (Lipinski definition) is 7. The lowest BCUT2D eigenvalue weighted by molar-refractivity contribution is -0.126. The second kappa shape index (κ2) is 14.1. The van der Waals surface area contributed by atoms with Crippen LogP contribution in [0.1, 0.15) is 36.8 Å². The summed E-state index contributed by atoms with van der Waals surface area (Å²) in [6.45, 7) is 0.874. The Bertz CT molecular complexity index is 1360. The number of aliphatic imine (C=N–C) groups is 1. The number of nitrogens with zero attached hydrogens (tertiary/aromatic N) is 1. The molecule has 1 amide bonds. The molecule has 0 fully saturated rings. The number of rotatable bonds is 15. The van der Waals surface area contributed by atoms with Gasteiger partial charge in [0.25, 0.3) is 5.91 Å². The van der Waals surface area contributed by atoms with Gasteiger partial charge >= 0.3 is 0 Å². The SMILES string of the molecule is O=C(NCCCCc1ccccc1)[C@@]1(CCS(=O)(=O)c2ccccc2)COC(c2ccc(OCCCO)cc2)=N1. The van der Waals surface area contributed by atoms with E-state index in [2.05, 4.69) is 22.4 Å². The van der Waals surface area contributed by atoms with E-state index in [0.717, 1.165) is 19.3 Å². The average molecular weight is 565 g/mol. The summed E-state index contributed by atoms with van der Waals surface area (Å²) < 4.78 is 37.5. The van der Waals surface area contributed by atoms with Crippen LogP contribution in [0.25, 0.3) is 0 Å². The topological polar surface area (TPSA) is 114 Å². The molecular formula is C31H36N2O6S. The van der Waals surface area contributed by atoms with Crippen LogP contribution >= 0.6 is 0 Å². The van der Waals surface area contributed by atoms with Gasteiger partial charge in [-0.15, -0.1) is 0 Å². The summed E-state index contributed by atoms with van der Waals surface area (Å²) >= 11 is 0. The summed E-state index contributed by atoms with van der Waals surface area (Å²) in [5, 5.41) is 11.9. The molecular weight excluding hydrogens is 528 g/mol. The molecule has 4 rings (SSSR count). The van der Waals surface area contributed by atoms with Crippen LogP contribution in [0, 0.1) is 0 Å². The third-order valence-corrected chi connectivity index (χ3v) is 8.50. The standard InChI is InChI=1S/C31H36N2O6S/c34-21-9-22-38-27-17-15-26(16-18-27)29-33-31(24-39-29,19-23-40(36,37)28-13-5-2-6-14-28)30(35)32-20-8-7-12-25-10-3-1-4-11-25/h1-6,10-11,13-18,34H,7-9,12,19-24H2,(H,32,35)/t31-/m1/s1. The fraction of sp³-hybridized carbons (Fsp3) is 0.355. The van der Waals surface area contributed by atoms with E-state index in [1.807, 2.05) is 18.2 Å². The van der Waals surface area contributed by atoms with E-state index >= 15 is 0 Å². The lowest BCUT2D eigenvalue weighted by Crippen LogP contribution is -2.48. The van der Waals surface area contributed by atoms with Crippen molar-refractivity contribution in [3.05, 3.63) is 96.1 Å². The van der Waals surface area contributed by atoms with Crippen LogP contribution in [-0.4, -0.2) is 63.0 Å². The Balaban J connectivity index is 1.45. The molecule has 3 aromatic carbocycles. The molecule has 212 valence electrons. The highest BCUT2D eigenvalue weighted by atomic mass is 32.2. The molecule has 0 spiro atoms. The van der Waals surface area contributed by atoms with E-state index in [4.69, 9.17) is 14.6 Å². The molecule has 3 aromatic rings. The second-order valence-electron chi connectivity index (χ2n) is 9.77. The fourth-order valence-electron chi connectivity index (χ4n) is 4.41. The molecule has 0 aliphatic carbocycles. The van der Waals surface area contributed by atoms with Gasteiger partial charge in [-0.3, -0.25) is 4.79 Å². The molecule has 0 bridgehead atoms. The van der Waals surface area contributed by atoms with Gasteiger partial charge in [-0.05, 0) is 67.6 Å². The first kappa shape index (κ1) is 29.3. The van der Waals surface area contributed by atoms with E-state index in [1.54, 1.807) is 54.6 Å². The van der Waals surface area contributed by atoms with Crippen molar-refractivity contribution >= 4 is 21.6 Å². The highest BCUT2D eigenvalue weighted by molar-refractivity contribution is 7.91. The highest BCUT2D eigenvalue weighted by Gasteiger charge is 2.45. The zero-order chi connectivity index (χ0) is 28.3. The number of unbranched alkanes of at least 4 members (excludes halogenated alkanes) is 1. The van der Waals surface area contributed by atoms with Gasteiger partial charge in [-0.2, -0.15) is 0 Å². The summed E-state index contributed by atoms with van der Waals surface area (Å²) in [6, 6.07) is 25.5. The Kier molecular flexibility index (Phi) is 10.3. The summed E-state index contributed by atoms with van der Waals surface area (Å²) in [4.78, 5) is 18.4. The first-order chi connectivity index (χ1) is 19.4. The second-order valence-corrected chi connectivity index (χ2v) is 11.9. The minimum absolute atomic E-state index is 0.00801. The number of nitrogens with one attached hydrogen (secondary N) is 1. The minimum Gasteiger partial charge on any atom is -0.494 e. The maximum Gasteiger partial charge on any atom is 0.251 e. The Morgan fingerprint density at radius 3 is 2.35 bits per heavy atom. The summed E-state index contributed by atoms with van der Waals surface area (Å²) in [7, 11) is -3.62. The number of amides is 1. The van der Waals surface area contributed by atoms with Crippen LogP contribution in [0.2, 0.25) is 0 Å². The van der Waals surface area contributed by atoms with Gasteiger partial charge in [0.2, 0.25) is 5.90 Å². The number of aliphatic hydroxyl groups is 1. The molecule has 1 atom stereocenters. The lowest BCUT2D eigenvalue weighted by atomic mass is 9.97. The first-order valence-corrected chi connectivity index (χ1v) is 15.2. The van der Waals surface area contributed by atoms with Crippen LogP contribution in [-0.2, 0) is 25.8 Å². The Morgan fingerprint density at radius 1 is 0.950 bits per heavy atom. The van der Waals surface area contributed by atoms with Crippen molar-refractivity contribution in [2.75, 3.05) is 32.1 Å². The van der Waals surface area contributed by atoms with E-state index in [9.17, 15) is 13.2 Å². The number of aryl methyl sites for hydroxylation is 1. The van der Waals surface area contributed by atoms with E-state index in [0.29, 0.717) is 36.8 Å². The Labute approximate surface area is 236 Å². The summed E-state index contributed by atoms with van der Waals surface area (Å²) in [5.41, 5.74) is 0.560. The normalized spacial score (nSPS) is 16.7. The van der Waals surface area contributed by atoms with Crippen molar-refractivity contribution in [3.63, 3.8) is 0 Å². The molecule has 0 aromatic heterocycles. The van der Waals surface area contributed by atoms with Crippen LogP contribution < -0.4 is 10.1 Å². The largest absolute Gasteiger partial charge is 0.494 e. The summed E-state index contributed by atoms with van der Waals surface area (Å²) in [5.74, 6) is 0.355. The van der Waals surface area contributed by atoms with E-state index < -0.39 is 15.4 Å². The molecule has 0 unspecified atom stereocenters. The predicted molar refractivity (Wildman–Crippen MR) is 154 cm³/mol. The van der Waals surface area contributed by atoms with E-state index in [-0.39, 0.29) is 36.2 Å². The van der Waals surface area contributed by atoms with Crippen molar-refractivity contribution in [2.45, 2.75) is 42.5 Å². The van der Waals surface area contributed by atoms with Gasteiger partial charge in [0.05, 0.1) is 17.3 Å². The zero-order valence-corrected chi connectivity index (χ0v) is 23.3. The number of benzene rings is 3. The van der Waals surface area contributed by atoms with Gasteiger partial charge in [-0.25, -0.2) is 13.4 Å². The van der Waals surface area contributed by atoms with Gasteiger partial charge in [0.1, 0.15) is 12.4 Å². The number of hydrogen-bond donors (Lipinski definition) is 2. The molecule has 40 heavy (non-hydrogen) atoms. The molecule has 0 radical (unpaired) electrons. The van der Waals surface area contributed by atoms with Crippen molar-refractivity contribution in [1.82, 2.24) is 5.32 Å². The number of carbonyl (C=O) groups is 1. The van der Waals surface area contributed by atoms with Gasteiger partial charge < -0.3 is 19.9 Å². The molecule has 9 heteroatoms. The molecule has 1 aliphatic rings. The fourth-order valence-corrected chi connectivity index (χ4v) is 5.83. The van der Waals surface area contributed by atoms with Crippen molar-refractivity contribution in [2.24, 2.45) is 4.99 Å². The van der Waals surface area contributed by atoms with Gasteiger partial charge in [0.15, 0.2) is 15.4 Å². The Hall–Kier alpha value is -3.69. The Morgan fingerprint density at radius 2 is 1.65 bits per heavy atom.